The molecular weight excluding hydrogens is 198 g/mol. The van der Waals surface area contributed by atoms with Crippen LogP contribution >= 0.6 is 11.3 Å². The first kappa shape index (κ1) is 9.36. The van der Waals surface area contributed by atoms with Crippen molar-refractivity contribution in [2.24, 2.45) is 5.73 Å². The molecule has 2 rings (SSSR count). The number of nitrogens with two attached hydrogens (primary N) is 1. The van der Waals surface area contributed by atoms with E-state index < -0.39 is 0 Å². The van der Waals surface area contributed by atoms with Gasteiger partial charge in [0.25, 0.3) is 5.56 Å². The van der Waals surface area contributed by atoms with Crippen molar-refractivity contribution in [1.29, 1.82) is 0 Å². The lowest BCUT2D eigenvalue weighted by molar-refractivity contribution is 0.570. The first-order chi connectivity index (χ1) is 6.68. The largest absolute Gasteiger partial charge is 0.326 e. The predicted octanol–water partition coefficient (Wildman–Crippen LogP) is 0.805. The lowest BCUT2D eigenvalue weighted by atomic mass is 10.3. The average molecular weight is 209 g/mol. The molecule has 2 heterocycles. The van der Waals surface area contributed by atoms with E-state index in [2.05, 4.69) is 4.98 Å². The molecule has 0 aliphatic heterocycles. The van der Waals surface area contributed by atoms with E-state index in [-0.39, 0.29) is 11.6 Å². The Bertz CT molecular complexity index is 500. The molecule has 14 heavy (non-hydrogen) atoms. The number of rotatable bonds is 2. The van der Waals surface area contributed by atoms with Crippen molar-refractivity contribution in [3.05, 3.63) is 28.1 Å². The number of aromatic nitrogens is 2. The Morgan fingerprint density at radius 2 is 2.50 bits per heavy atom. The summed E-state index contributed by atoms with van der Waals surface area (Å²) in [5, 5.41) is 2.55. The van der Waals surface area contributed by atoms with Crippen LogP contribution < -0.4 is 11.3 Å². The number of nitrogens with zero attached hydrogens (tertiary/aromatic N) is 2. The summed E-state index contributed by atoms with van der Waals surface area (Å²) in [5.74, 6) is 0. The van der Waals surface area contributed by atoms with E-state index >= 15 is 0 Å². The molecule has 2 aromatic rings. The van der Waals surface area contributed by atoms with Gasteiger partial charge in [0.2, 0.25) is 0 Å². The van der Waals surface area contributed by atoms with Gasteiger partial charge in [0.05, 0.1) is 11.7 Å². The van der Waals surface area contributed by atoms with Gasteiger partial charge >= 0.3 is 0 Å². The molecule has 0 fully saturated rings. The maximum Gasteiger partial charge on any atom is 0.262 e. The molecule has 0 saturated heterocycles. The summed E-state index contributed by atoms with van der Waals surface area (Å²) in [6.45, 7) is 2.38. The standard InChI is InChI=1S/C9H11N3OS/c1-6(10)4-12-5-11-8-7(9(12)13)2-3-14-8/h2-3,5-6H,4,10H2,1H3. The lowest BCUT2D eigenvalue weighted by Crippen LogP contribution is -2.29. The van der Waals surface area contributed by atoms with Gasteiger partial charge in [-0.05, 0) is 18.4 Å². The van der Waals surface area contributed by atoms with Crippen LogP contribution in [0, 0.1) is 0 Å². The third-order valence-corrected chi connectivity index (χ3v) is 2.76. The summed E-state index contributed by atoms with van der Waals surface area (Å²) in [7, 11) is 0. The summed E-state index contributed by atoms with van der Waals surface area (Å²) in [5.41, 5.74) is 5.62. The summed E-state index contributed by atoms with van der Waals surface area (Å²) >= 11 is 1.47. The van der Waals surface area contributed by atoms with Crippen molar-refractivity contribution in [2.45, 2.75) is 19.5 Å². The highest BCUT2D eigenvalue weighted by atomic mass is 32.1. The minimum Gasteiger partial charge on any atom is -0.326 e. The highest BCUT2D eigenvalue weighted by Gasteiger charge is 2.05. The van der Waals surface area contributed by atoms with Crippen molar-refractivity contribution >= 4 is 21.6 Å². The number of hydrogen-bond donors (Lipinski definition) is 1. The normalized spacial score (nSPS) is 13.3. The molecule has 4 nitrogen and oxygen atoms in total. The maximum atomic E-state index is 11.8. The minimum atomic E-state index is -0.0365. The molecule has 5 heteroatoms. The fraction of sp³-hybridized carbons (Fsp3) is 0.333. The van der Waals surface area contributed by atoms with E-state index in [1.807, 2.05) is 12.3 Å². The van der Waals surface area contributed by atoms with E-state index in [1.54, 1.807) is 17.0 Å². The van der Waals surface area contributed by atoms with Gasteiger partial charge in [-0.1, -0.05) is 0 Å². The maximum absolute atomic E-state index is 11.8. The predicted molar refractivity (Wildman–Crippen MR) is 57.5 cm³/mol. The summed E-state index contributed by atoms with van der Waals surface area (Å²) < 4.78 is 1.56. The molecule has 0 spiro atoms. The van der Waals surface area contributed by atoms with Crippen molar-refractivity contribution in [3.8, 4) is 0 Å². The van der Waals surface area contributed by atoms with Crippen molar-refractivity contribution < 1.29 is 0 Å². The fourth-order valence-corrected chi connectivity index (χ4v) is 2.06. The zero-order valence-electron chi connectivity index (χ0n) is 7.80. The third-order valence-electron chi connectivity index (χ3n) is 1.94. The first-order valence-electron chi connectivity index (χ1n) is 4.36. The van der Waals surface area contributed by atoms with Crippen LogP contribution in [0.5, 0.6) is 0 Å². The summed E-state index contributed by atoms with van der Waals surface area (Å²) in [6, 6.07) is 1.76. The zero-order chi connectivity index (χ0) is 10.1. The minimum absolute atomic E-state index is 0.00597. The second kappa shape index (κ2) is 3.51. The highest BCUT2D eigenvalue weighted by Crippen LogP contribution is 2.13. The molecule has 0 bridgehead atoms. The topological polar surface area (TPSA) is 60.9 Å². The fourth-order valence-electron chi connectivity index (χ4n) is 1.33. The number of thiophene rings is 1. The van der Waals surface area contributed by atoms with Gasteiger partial charge in [0.15, 0.2) is 0 Å². The number of hydrogen-bond acceptors (Lipinski definition) is 4. The van der Waals surface area contributed by atoms with Gasteiger partial charge in [0, 0.05) is 12.6 Å². The van der Waals surface area contributed by atoms with Crippen LogP contribution in [0.2, 0.25) is 0 Å². The van der Waals surface area contributed by atoms with Crippen LogP contribution in [0.15, 0.2) is 22.6 Å². The lowest BCUT2D eigenvalue weighted by Gasteiger charge is -2.07. The van der Waals surface area contributed by atoms with Gasteiger partial charge < -0.3 is 5.73 Å². The molecule has 74 valence electrons. The van der Waals surface area contributed by atoms with Crippen molar-refractivity contribution in [2.75, 3.05) is 0 Å². The Labute approximate surface area is 85.0 Å². The van der Waals surface area contributed by atoms with Crippen LogP contribution in [0.1, 0.15) is 6.92 Å². The Hall–Kier alpha value is -1.20. The molecule has 2 aromatic heterocycles. The molecule has 1 atom stereocenters. The summed E-state index contributed by atoms with van der Waals surface area (Å²) in [6.07, 6.45) is 1.56. The Balaban J connectivity index is 2.57. The van der Waals surface area contributed by atoms with Crippen molar-refractivity contribution in [3.63, 3.8) is 0 Å². The van der Waals surface area contributed by atoms with Crippen LogP contribution in [-0.4, -0.2) is 15.6 Å². The molecular formula is C9H11N3OS. The average Bonchev–Trinajstić information content (AvgIpc) is 2.57. The third kappa shape index (κ3) is 1.56. The highest BCUT2D eigenvalue weighted by molar-refractivity contribution is 7.16. The smallest absolute Gasteiger partial charge is 0.262 e. The van der Waals surface area contributed by atoms with Gasteiger partial charge in [-0.3, -0.25) is 9.36 Å². The van der Waals surface area contributed by atoms with Crippen LogP contribution in [-0.2, 0) is 6.54 Å². The molecule has 0 saturated carbocycles. The monoisotopic (exact) mass is 209 g/mol. The van der Waals surface area contributed by atoms with Crippen molar-refractivity contribution in [1.82, 2.24) is 9.55 Å². The van der Waals surface area contributed by atoms with Gasteiger partial charge in [-0.2, -0.15) is 0 Å². The molecule has 0 aliphatic rings. The Morgan fingerprint density at radius 1 is 1.71 bits per heavy atom. The molecule has 0 aromatic carbocycles. The quantitative estimate of drug-likeness (QED) is 0.796. The van der Waals surface area contributed by atoms with E-state index in [4.69, 9.17) is 5.73 Å². The number of fused-ring (bicyclic) bond motifs is 1. The van der Waals surface area contributed by atoms with E-state index in [1.165, 1.54) is 11.3 Å². The summed E-state index contributed by atoms with van der Waals surface area (Å²) in [4.78, 5) is 16.8. The van der Waals surface area contributed by atoms with Crippen LogP contribution in [0.4, 0.5) is 0 Å². The molecule has 0 radical (unpaired) electrons. The molecule has 2 N–H and O–H groups in total. The van der Waals surface area contributed by atoms with Gasteiger partial charge in [0.1, 0.15) is 4.83 Å². The van der Waals surface area contributed by atoms with Gasteiger partial charge in [-0.25, -0.2) is 4.98 Å². The van der Waals surface area contributed by atoms with Gasteiger partial charge in [-0.15, -0.1) is 11.3 Å². The van der Waals surface area contributed by atoms with Crippen LogP contribution in [0.3, 0.4) is 0 Å². The first-order valence-corrected chi connectivity index (χ1v) is 5.24. The van der Waals surface area contributed by atoms with E-state index in [0.717, 1.165) is 4.83 Å². The second-order valence-corrected chi connectivity index (χ2v) is 4.21. The molecule has 1 unspecified atom stereocenters. The van der Waals surface area contributed by atoms with E-state index in [0.29, 0.717) is 11.9 Å². The SMILES string of the molecule is CC(N)Cn1cnc2sccc2c1=O. The molecule has 0 aliphatic carbocycles. The molecule has 0 amide bonds. The Kier molecular flexibility index (Phi) is 2.35. The second-order valence-electron chi connectivity index (χ2n) is 3.32. The van der Waals surface area contributed by atoms with Crippen LogP contribution in [0.25, 0.3) is 10.2 Å². The Morgan fingerprint density at radius 3 is 3.21 bits per heavy atom. The van der Waals surface area contributed by atoms with E-state index in [9.17, 15) is 4.79 Å². The zero-order valence-corrected chi connectivity index (χ0v) is 8.62.